The molecule has 2 amide bonds. The molecule has 1 aromatic carbocycles. The van der Waals surface area contributed by atoms with Gasteiger partial charge in [0.1, 0.15) is 23.6 Å². The summed E-state index contributed by atoms with van der Waals surface area (Å²) in [6, 6.07) is 4.67. The highest BCUT2D eigenvalue weighted by Crippen LogP contribution is 2.47. The van der Waals surface area contributed by atoms with Crippen LogP contribution in [-0.4, -0.2) is 56.5 Å². The molecule has 0 unspecified atom stereocenters. The number of likely N-dealkylation sites (tertiary alicyclic amines) is 1. The summed E-state index contributed by atoms with van der Waals surface area (Å²) in [5.41, 5.74) is 9.64. The van der Waals surface area contributed by atoms with E-state index in [2.05, 4.69) is 26.8 Å². The van der Waals surface area contributed by atoms with Crippen molar-refractivity contribution in [2.75, 3.05) is 30.8 Å². The number of benzene rings is 1. The molecule has 3 fully saturated rings. The second-order valence-electron chi connectivity index (χ2n) is 11.6. The third-order valence-electron chi connectivity index (χ3n) is 8.99. The van der Waals surface area contributed by atoms with E-state index < -0.39 is 5.82 Å². The molecule has 0 bridgehead atoms. The predicted molar refractivity (Wildman–Crippen MR) is 151 cm³/mol. The van der Waals surface area contributed by atoms with E-state index in [0.29, 0.717) is 47.2 Å². The highest BCUT2D eigenvalue weighted by Gasteiger charge is 2.50. The van der Waals surface area contributed by atoms with Crippen molar-refractivity contribution in [3.05, 3.63) is 48.1 Å². The molecule has 210 valence electrons. The topological polar surface area (TPSA) is 115 Å². The Balaban J connectivity index is 1.32. The summed E-state index contributed by atoms with van der Waals surface area (Å²) >= 11 is 0. The number of nitrogen functional groups attached to an aromatic ring is 1. The van der Waals surface area contributed by atoms with Crippen LogP contribution in [0.15, 0.2) is 36.7 Å². The van der Waals surface area contributed by atoms with Gasteiger partial charge in [0.2, 0.25) is 5.91 Å². The van der Waals surface area contributed by atoms with Gasteiger partial charge < -0.3 is 25.3 Å². The second-order valence-corrected chi connectivity index (χ2v) is 11.6. The molecule has 10 heteroatoms. The molecule has 0 atom stereocenters. The van der Waals surface area contributed by atoms with Gasteiger partial charge >= 0.3 is 0 Å². The minimum Gasteiger partial charge on any atom is -0.383 e. The van der Waals surface area contributed by atoms with Crippen molar-refractivity contribution in [2.24, 2.45) is 13.0 Å². The van der Waals surface area contributed by atoms with Gasteiger partial charge in [-0.25, -0.2) is 14.4 Å². The van der Waals surface area contributed by atoms with E-state index >= 15 is 4.39 Å². The number of aromatic nitrogens is 3. The highest BCUT2D eigenvalue weighted by atomic mass is 19.1. The van der Waals surface area contributed by atoms with Crippen LogP contribution in [0.3, 0.4) is 0 Å². The lowest BCUT2D eigenvalue weighted by Gasteiger charge is -2.46. The molecular formula is C30H35FN6O3. The summed E-state index contributed by atoms with van der Waals surface area (Å²) in [7, 11) is 1.85. The summed E-state index contributed by atoms with van der Waals surface area (Å²) < 4.78 is 23.0. The van der Waals surface area contributed by atoms with Gasteiger partial charge in [0.15, 0.2) is 0 Å². The van der Waals surface area contributed by atoms with Crippen molar-refractivity contribution in [3.8, 4) is 11.3 Å². The summed E-state index contributed by atoms with van der Waals surface area (Å²) in [5.74, 6) is -0.182. The first-order valence-electron chi connectivity index (χ1n) is 13.9. The monoisotopic (exact) mass is 546 g/mol. The molecule has 3 aliphatic rings. The van der Waals surface area contributed by atoms with Crippen LogP contribution in [0.4, 0.5) is 15.9 Å². The third-order valence-corrected chi connectivity index (χ3v) is 8.99. The predicted octanol–water partition coefficient (Wildman–Crippen LogP) is 4.54. The molecule has 0 radical (unpaired) electrons. The molecule has 3 N–H and O–H groups in total. The Morgan fingerprint density at radius 2 is 1.95 bits per heavy atom. The average Bonchev–Trinajstić information content (AvgIpc) is 3.50. The number of fused-ring (bicyclic) bond motifs is 1. The van der Waals surface area contributed by atoms with Crippen LogP contribution in [0.25, 0.3) is 22.3 Å². The SMILES string of the molecule is C=C(C)C(=O)Nc1ccc(-c2c(C3CCC(C(=O)N4CCCC45COC5)CC3)c3c(N)ncnc3n2C)c(F)c1. The van der Waals surface area contributed by atoms with Crippen LogP contribution in [0.1, 0.15) is 56.9 Å². The van der Waals surface area contributed by atoms with Crippen molar-refractivity contribution >= 4 is 34.4 Å². The Hall–Kier alpha value is -3.79. The first kappa shape index (κ1) is 26.4. The van der Waals surface area contributed by atoms with Crippen molar-refractivity contribution in [3.63, 3.8) is 0 Å². The molecular weight excluding hydrogens is 511 g/mol. The van der Waals surface area contributed by atoms with Gasteiger partial charge in [-0.05, 0) is 75.1 Å². The molecule has 6 rings (SSSR count). The molecule has 9 nitrogen and oxygen atoms in total. The zero-order valence-corrected chi connectivity index (χ0v) is 23.0. The first-order valence-corrected chi connectivity index (χ1v) is 13.9. The molecule has 4 heterocycles. The maximum absolute atomic E-state index is 15.7. The quantitative estimate of drug-likeness (QED) is 0.454. The van der Waals surface area contributed by atoms with Crippen molar-refractivity contribution < 1.29 is 18.7 Å². The van der Waals surface area contributed by atoms with Gasteiger partial charge in [0.05, 0.1) is 29.8 Å². The molecule has 3 aromatic rings. The van der Waals surface area contributed by atoms with Gasteiger partial charge in [0.25, 0.3) is 5.91 Å². The van der Waals surface area contributed by atoms with Crippen molar-refractivity contribution in [1.29, 1.82) is 0 Å². The van der Waals surface area contributed by atoms with Gasteiger partial charge in [-0.2, -0.15) is 0 Å². The van der Waals surface area contributed by atoms with E-state index in [1.165, 1.54) is 12.4 Å². The van der Waals surface area contributed by atoms with Crippen LogP contribution < -0.4 is 11.1 Å². The number of amides is 2. The fourth-order valence-electron chi connectivity index (χ4n) is 6.82. The molecule has 1 spiro atoms. The number of nitrogens with two attached hydrogens (primary N) is 1. The van der Waals surface area contributed by atoms with Gasteiger partial charge in [-0.3, -0.25) is 9.59 Å². The van der Waals surface area contributed by atoms with Crippen LogP contribution in [0, 0.1) is 11.7 Å². The Kier molecular flexibility index (Phi) is 6.60. The number of ether oxygens (including phenoxy) is 1. The smallest absolute Gasteiger partial charge is 0.250 e. The Bertz CT molecular complexity index is 1520. The van der Waals surface area contributed by atoms with Gasteiger partial charge in [-0.15, -0.1) is 0 Å². The number of hydrogen-bond donors (Lipinski definition) is 2. The van der Waals surface area contributed by atoms with Gasteiger partial charge in [-0.1, -0.05) is 6.58 Å². The molecule has 2 aromatic heterocycles. The minimum atomic E-state index is -0.468. The number of nitrogens with one attached hydrogen (secondary N) is 1. The number of anilines is 2. The van der Waals surface area contributed by atoms with E-state index in [0.717, 1.165) is 56.0 Å². The lowest BCUT2D eigenvalue weighted by Crippen LogP contribution is -2.61. The Morgan fingerprint density at radius 1 is 1.20 bits per heavy atom. The van der Waals surface area contributed by atoms with Gasteiger partial charge in [0, 0.05) is 36.3 Å². The Morgan fingerprint density at radius 3 is 2.60 bits per heavy atom. The fourth-order valence-corrected chi connectivity index (χ4v) is 6.82. The third kappa shape index (κ3) is 4.25. The standard InChI is InChI=1S/C30H35FN6O3/c1-17(2)28(38)35-20-9-10-21(22(31)13-20)25-23(24-26(32)33-16-34-27(24)36(25)3)18-5-7-19(8-6-18)29(39)37-12-4-11-30(37)14-40-15-30/h9-10,13,16,18-19H,1,4-8,11-12,14-15H2,2-3H3,(H,35,38)(H2,32,33,34). The lowest BCUT2D eigenvalue weighted by atomic mass is 9.76. The zero-order valence-electron chi connectivity index (χ0n) is 23.0. The lowest BCUT2D eigenvalue weighted by molar-refractivity contribution is -0.163. The molecule has 1 aliphatic carbocycles. The maximum atomic E-state index is 15.7. The number of nitrogens with zero attached hydrogens (tertiary/aromatic N) is 4. The number of carbonyl (C=O) groups excluding carboxylic acids is 2. The van der Waals surface area contributed by atoms with Crippen LogP contribution in [0.5, 0.6) is 0 Å². The Labute approximate surface area is 232 Å². The summed E-state index contributed by atoms with van der Waals surface area (Å²) in [6.45, 7) is 7.34. The maximum Gasteiger partial charge on any atom is 0.250 e. The van der Waals surface area contributed by atoms with E-state index in [9.17, 15) is 9.59 Å². The van der Waals surface area contributed by atoms with E-state index in [1.54, 1.807) is 19.1 Å². The number of halogens is 1. The minimum absolute atomic E-state index is 0.0215. The number of carbonyl (C=O) groups is 2. The highest BCUT2D eigenvalue weighted by molar-refractivity contribution is 6.03. The first-order chi connectivity index (χ1) is 19.2. The van der Waals surface area contributed by atoms with E-state index in [1.807, 2.05) is 11.6 Å². The number of hydrogen-bond acceptors (Lipinski definition) is 6. The average molecular weight is 547 g/mol. The molecule has 1 saturated carbocycles. The molecule has 2 saturated heterocycles. The fraction of sp³-hybridized carbons (Fsp3) is 0.467. The molecule has 2 aliphatic heterocycles. The zero-order chi connectivity index (χ0) is 28.2. The number of rotatable bonds is 5. The van der Waals surface area contributed by atoms with Crippen LogP contribution >= 0.6 is 0 Å². The van der Waals surface area contributed by atoms with Crippen LogP contribution in [-0.2, 0) is 21.4 Å². The van der Waals surface area contributed by atoms with E-state index in [4.69, 9.17) is 10.5 Å². The van der Waals surface area contributed by atoms with Crippen molar-refractivity contribution in [2.45, 2.75) is 56.9 Å². The summed E-state index contributed by atoms with van der Waals surface area (Å²) in [6.07, 6.45) is 6.55. The number of aryl methyl sites for hydroxylation is 1. The normalized spacial score (nSPS) is 21.9. The van der Waals surface area contributed by atoms with Crippen LogP contribution in [0.2, 0.25) is 0 Å². The van der Waals surface area contributed by atoms with Crippen molar-refractivity contribution in [1.82, 2.24) is 19.4 Å². The molecule has 40 heavy (non-hydrogen) atoms. The summed E-state index contributed by atoms with van der Waals surface area (Å²) in [4.78, 5) is 36.4. The van der Waals surface area contributed by atoms with E-state index in [-0.39, 0.29) is 29.2 Å². The largest absolute Gasteiger partial charge is 0.383 e. The second kappa shape index (κ2) is 9.99. The summed E-state index contributed by atoms with van der Waals surface area (Å²) in [5, 5.41) is 3.41.